The molecule has 0 spiro atoms. The zero-order valence-corrected chi connectivity index (χ0v) is 10.3. The SMILES string of the molecule is COc1ccc(C)c2c1C[C@@H](CO)O[C@H]2CN. The van der Waals surface area contributed by atoms with Gasteiger partial charge >= 0.3 is 0 Å². The van der Waals surface area contributed by atoms with Crippen LogP contribution in [0.5, 0.6) is 5.75 Å². The fraction of sp³-hybridized carbons (Fsp3) is 0.538. The molecule has 4 nitrogen and oxygen atoms in total. The minimum absolute atomic E-state index is 0.00698. The summed E-state index contributed by atoms with van der Waals surface area (Å²) in [6.07, 6.45) is 0.338. The zero-order chi connectivity index (χ0) is 12.4. The molecule has 94 valence electrons. The van der Waals surface area contributed by atoms with Gasteiger partial charge in [-0.2, -0.15) is 0 Å². The lowest BCUT2D eigenvalue weighted by Crippen LogP contribution is -2.33. The summed E-state index contributed by atoms with van der Waals surface area (Å²) < 4.78 is 11.1. The van der Waals surface area contributed by atoms with Crippen molar-refractivity contribution < 1.29 is 14.6 Å². The van der Waals surface area contributed by atoms with Gasteiger partial charge in [-0.1, -0.05) is 6.07 Å². The van der Waals surface area contributed by atoms with Crippen LogP contribution < -0.4 is 10.5 Å². The molecule has 0 aromatic heterocycles. The van der Waals surface area contributed by atoms with E-state index in [1.165, 1.54) is 0 Å². The minimum Gasteiger partial charge on any atom is -0.496 e. The van der Waals surface area contributed by atoms with E-state index in [1.807, 2.05) is 19.1 Å². The van der Waals surface area contributed by atoms with E-state index in [9.17, 15) is 5.11 Å². The third-order valence-corrected chi connectivity index (χ3v) is 3.28. The van der Waals surface area contributed by atoms with Crippen LogP contribution in [-0.2, 0) is 11.2 Å². The van der Waals surface area contributed by atoms with Crippen molar-refractivity contribution in [2.45, 2.75) is 25.6 Å². The van der Waals surface area contributed by atoms with Crippen molar-refractivity contribution in [3.63, 3.8) is 0 Å². The Bertz CT molecular complexity index is 406. The number of fused-ring (bicyclic) bond motifs is 1. The first-order valence-corrected chi connectivity index (χ1v) is 5.84. The van der Waals surface area contributed by atoms with Gasteiger partial charge in [0.05, 0.1) is 25.9 Å². The van der Waals surface area contributed by atoms with Crippen LogP contribution in [-0.4, -0.2) is 31.5 Å². The maximum Gasteiger partial charge on any atom is 0.122 e. The molecule has 4 heteroatoms. The Morgan fingerprint density at radius 1 is 1.53 bits per heavy atom. The molecule has 17 heavy (non-hydrogen) atoms. The van der Waals surface area contributed by atoms with Crippen LogP contribution in [0.1, 0.15) is 22.8 Å². The number of aryl methyl sites for hydroxylation is 1. The molecule has 1 aromatic rings. The standard InChI is InChI=1S/C13H19NO3/c1-8-3-4-11(16-2)10-5-9(7-15)17-12(6-14)13(8)10/h3-4,9,12,15H,5-7,14H2,1-2H3/t9-,12-/m0/s1. The summed E-state index contributed by atoms with van der Waals surface area (Å²) >= 11 is 0. The molecule has 1 aliphatic rings. The smallest absolute Gasteiger partial charge is 0.122 e. The summed E-state index contributed by atoms with van der Waals surface area (Å²) in [5, 5.41) is 9.26. The molecule has 0 amide bonds. The fourth-order valence-electron chi connectivity index (χ4n) is 2.47. The molecule has 0 bridgehead atoms. The number of benzene rings is 1. The zero-order valence-electron chi connectivity index (χ0n) is 10.3. The molecule has 1 aliphatic heterocycles. The predicted molar refractivity (Wildman–Crippen MR) is 65.2 cm³/mol. The summed E-state index contributed by atoms with van der Waals surface area (Å²) in [7, 11) is 1.66. The third kappa shape index (κ3) is 2.16. The Labute approximate surface area is 101 Å². The number of ether oxygens (including phenoxy) is 2. The minimum atomic E-state index is -0.188. The molecular formula is C13H19NO3. The van der Waals surface area contributed by atoms with Gasteiger partial charge in [0.1, 0.15) is 5.75 Å². The number of rotatable bonds is 3. The number of aliphatic hydroxyl groups excluding tert-OH is 1. The quantitative estimate of drug-likeness (QED) is 0.821. The van der Waals surface area contributed by atoms with E-state index in [0.29, 0.717) is 13.0 Å². The first-order valence-electron chi connectivity index (χ1n) is 5.84. The van der Waals surface area contributed by atoms with E-state index in [1.54, 1.807) is 7.11 Å². The largest absolute Gasteiger partial charge is 0.496 e. The van der Waals surface area contributed by atoms with Crippen molar-refractivity contribution in [3.8, 4) is 5.75 Å². The highest BCUT2D eigenvalue weighted by Crippen LogP contribution is 2.37. The van der Waals surface area contributed by atoms with Crippen molar-refractivity contribution in [2.75, 3.05) is 20.3 Å². The van der Waals surface area contributed by atoms with Gasteiger partial charge in [-0.25, -0.2) is 0 Å². The molecule has 0 aliphatic carbocycles. The average molecular weight is 237 g/mol. The van der Waals surface area contributed by atoms with E-state index in [2.05, 4.69) is 0 Å². The van der Waals surface area contributed by atoms with Gasteiger partial charge in [0.2, 0.25) is 0 Å². The highest BCUT2D eigenvalue weighted by atomic mass is 16.5. The molecule has 3 N–H and O–H groups in total. The van der Waals surface area contributed by atoms with E-state index in [-0.39, 0.29) is 18.8 Å². The lowest BCUT2D eigenvalue weighted by molar-refractivity contribution is -0.0474. The summed E-state index contributed by atoms with van der Waals surface area (Å²) in [5.41, 5.74) is 9.15. The highest BCUT2D eigenvalue weighted by molar-refractivity contribution is 5.47. The molecule has 2 rings (SSSR count). The summed E-state index contributed by atoms with van der Waals surface area (Å²) in [6.45, 7) is 2.47. The van der Waals surface area contributed by atoms with Gasteiger partial charge in [-0.15, -0.1) is 0 Å². The van der Waals surface area contributed by atoms with E-state index < -0.39 is 0 Å². The van der Waals surface area contributed by atoms with Crippen LogP contribution in [0.25, 0.3) is 0 Å². The van der Waals surface area contributed by atoms with Crippen LogP contribution >= 0.6 is 0 Å². The second-order valence-electron chi connectivity index (χ2n) is 4.35. The molecule has 0 radical (unpaired) electrons. The van der Waals surface area contributed by atoms with Crippen LogP contribution in [0.3, 0.4) is 0 Å². The molecule has 1 aromatic carbocycles. The van der Waals surface area contributed by atoms with E-state index in [4.69, 9.17) is 15.2 Å². The van der Waals surface area contributed by atoms with Gasteiger partial charge in [0.15, 0.2) is 0 Å². The summed E-state index contributed by atoms with van der Waals surface area (Å²) in [5.74, 6) is 0.853. The Hall–Kier alpha value is -1.10. The number of methoxy groups -OCH3 is 1. The lowest BCUT2D eigenvalue weighted by atomic mass is 9.90. The molecule has 0 fully saturated rings. The number of hydrogen-bond acceptors (Lipinski definition) is 4. The molecule has 0 saturated heterocycles. The van der Waals surface area contributed by atoms with Gasteiger partial charge < -0.3 is 20.3 Å². The first kappa shape index (κ1) is 12.4. The summed E-state index contributed by atoms with van der Waals surface area (Å²) in [4.78, 5) is 0. The van der Waals surface area contributed by atoms with Crippen molar-refractivity contribution >= 4 is 0 Å². The van der Waals surface area contributed by atoms with Gasteiger partial charge in [-0.05, 0) is 24.1 Å². The fourth-order valence-corrected chi connectivity index (χ4v) is 2.47. The molecule has 0 unspecified atom stereocenters. The highest BCUT2D eigenvalue weighted by Gasteiger charge is 2.29. The molecule has 1 heterocycles. The van der Waals surface area contributed by atoms with Crippen molar-refractivity contribution in [1.82, 2.24) is 0 Å². The van der Waals surface area contributed by atoms with Crippen LogP contribution in [0.4, 0.5) is 0 Å². The van der Waals surface area contributed by atoms with Crippen LogP contribution in [0.2, 0.25) is 0 Å². The normalized spacial score (nSPS) is 23.3. The van der Waals surface area contributed by atoms with E-state index in [0.717, 1.165) is 22.4 Å². The lowest BCUT2D eigenvalue weighted by Gasteiger charge is -2.33. The number of hydrogen-bond donors (Lipinski definition) is 2. The second kappa shape index (κ2) is 5.04. The summed E-state index contributed by atoms with van der Waals surface area (Å²) in [6, 6.07) is 3.98. The monoisotopic (exact) mass is 237 g/mol. The molecular weight excluding hydrogens is 218 g/mol. The van der Waals surface area contributed by atoms with Gasteiger partial charge in [0.25, 0.3) is 0 Å². The second-order valence-corrected chi connectivity index (χ2v) is 4.35. The topological polar surface area (TPSA) is 64.7 Å². The van der Waals surface area contributed by atoms with E-state index >= 15 is 0 Å². The third-order valence-electron chi connectivity index (χ3n) is 3.28. The predicted octanol–water partition coefficient (Wildman–Crippen LogP) is 0.937. The first-order chi connectivity index (χ1) is 8.21. The number of aliphatic hydroxyl groups is 1. The van der Waals surface area contributed by atoms with Crippen molar-refractivity contribution in [2.24, 2.45) is 5.73 Å². The molecule has 2 atom stereocenters. The number of nitrogens with two attached hydrogens (primary N) is 1. The van der Waals surface area contributed by atoms with Crippen molar-refractivity contribution in [3.05, 3.63) is 28.8 Å². The Kier molecular flexibility index (Phi) is 3.66. The van der Waals surface area contributed by atoms with Gasteiger partial charge in [-0.3, -0.25) is 0 Å². The van der Waals surface area contributed by atoms with Gasteiger partial charge in [0, 0.05) is 18.5 Å². The Balaban J connectivity index is 2.50. The maximum absolute atomic E-state index is 9.26. The van der Waals surface area contributed by atoms with Crippen molar-refractivity contribution in [1.29, 1.82) is 0 Å². The van der Waals surface area contributed by atoms with Crippen LogP contribution in [0.15, 0.2) is 12.1 Å². The van der Waals surface area contributed by atoms with Crippen LogP contribution in [0, 0.1) is 6.92 Å². The molecule has 0 saturated carbocycles. The average Bonchev–Trinajstić information content (AvgIpc) is 2.37. The Morgan fingerprint density at radius 3 is 2.88 bits per heavy atom. The maximum atomic E-state index is 9.26. The Morgan fingerprint density at radius 2 is 2.29 bits per heavy atom.